The van der Waals surface area contributed by atoms with Crippen LogP contribution in [0.1, 0.15) is 6.92 Å². The summed E-state index contributed by atoms with van der Waals surface area (Å²) in [7, 11) is 0. The van der Waals surface area contributed by atoms with Crippen LogP contribution in [0.2, 0.25) is 0 Å². The fourth-order valence-corrected chi connectivity index (χ4v) is 2.66. The van der Waals surface area contributed by atoms with Crippen LogP contribution in [0.15, 0.2) is 42.7 Å². The molecule has 1 N–H and O–H groups in total. The Morgan fingerprint density at radius 1 is 1.04 bits per heavy atom. The Morgan fingerprint density at radius 3 is 2.27 bits per heavy atom. The van der Waals surface area contributed by atoms with E-state index < -0.39 is 0 Å². The summed E-state index contributed by atoms with van der Waals surface area (Å²) in [6.07, 6.45) is 3.44. The quantitative estimate of drug-likeness (QED) is 0.794. The van der Waals surface area contributed by atoms with Crippen molar-refractivity contribution in [3.63, 3.8) is 0 Å². The number of piperazine rings is 1. The second-order valence-electron chi connectivity index (χ2n) is 5.70. The van der Waals surface area contributed by atoms with E-state index in [0.29, 0.717) is 44.5 Å². The Balaban J connectivity index is 1.39. The highest BCUT2D eigenvalue weighted by molar-refractivity contribution is 5.74. The molecule has 8 nitrogen and oxygen atoms in total. The molecule has 1 aromatic heterocycles. The maximum atomic E-state index is 12.2. The van der Waals surface area contributed by atoms with Crippen LogP contribution in [-0.4, -0.2) is 60.4 Å². The Bertz CT molecular complexity index is 688. The number of hydrogen-bond acceptors (Lipinski definition) is 6. The molecule has 0 unspecified atom stereocenters. The Morgan fingerprint density at radius 2 is 1.65 bits per heavy atom. The average Bonchev–Trinajstić information content (AvgIpc) is 2.70. The molecule has 1 aromatic carbocycles. The lowest BCUT2D eigenvalue weighted by Gasteiger charge is -2.34. The van der Waals surface area contributed by atoms with E-state index in [4.69, 9.17) is 9.47 Å². The molecule has 2 amide bonds. The van der Waals surface area contributed by atoms with Crippen LogP contribution < -0.4 is 19.7 Å². The van der Waals surface area contributed by atoms with Gasteiger partial charge in [-0.25, -0.2) is 14.8 Å². The van der Waals surface area contributed by atoms with Gasteiger partial charge in [0.2, 0.25) is 5.95 Å². The van der Waals surface area contributed by atoms with Crippen molar-refractivity contribution in [3.05, 3.63) is 42.7 Å². The van der Waals surface area contributed by atoms with Crippen molar-refractivity contribution in [2.45, 2.75) is 6.92 Å². The molecule has 0 radical (unpaired) electrons. The SMILES string of the molecule is CCOc1ccc(OCNC(=O)N2CCN(c3ncccn3)CC2)cc1. The highest BCUT2D eigenvalue weighted by Gasteiger charge is 2.22. The van der Waals surface area contributed by atoms with E-state index in [9.17, 15) is 4.79 Å². The number of hydrogen-bond donors (Lipinski definition) is 1. The van der Waals surface area contributed by atoms with Gasteiger partial charge in [-0.3, -0.25) is 0 Å². The predicted molar refractivity (Wildman–Crippen MR) is 97.5 cm³/mol. The number of anilines is 1. The zero-order valence-corrected chi connectivity index (χ0v) is 14.8. The second-order valence-corrected chi connectivity index (χ2v) is 5.70. The summed E-state index contributed by atoms with van der Waals surface area (Å²) >= 11 is 0. The minimum absolute atomic E-state index is 0.120. The fourth-order valence-electron chi connectivity index (χ4n) is 2.66. The minimum Gasteiger partial charge on any atom is -0.494 e. The third-order valence-electron chi connectivity index (χ3n) is 4.00. The smallest absolute Gasteiger partial charge is 0.320 e. The summed E-state index contributed by atoms with van der Waals surface area (Å²) in [4.78, 5) is 24.6. The molecule has 1 fully saturated rings. The van der Waals surface area contributed by atoms with E-state index in [1.54, 1.807) is 23.4 Å². The molecule has 0 atom stereocenters. The maximum absolute atomic E-state index is 12.2. The van der Waals surface area contributed by atoms with Crippen molar-refractivity contribution in [2.75, 3.05) is 44.4 Å². The van der Waals surface area contributed by atoms with Crippen LogP contribution in [0, 0.1) is 0 Å². The lowest BCUT2D eigenvalue weighted by atomic mass is 10.3. The molecule has 3 rings (SSSR count). The van der Waals surface area contributed by atoms with Crippen LogP contribution in [0.3, 0.4) is 0 Å². The first-order valence-corrected chi connectivity index (χ1v) is 8.66. The summed E-state index contributed by atoms with van der Waals surface area (Å²) in [6, 6.07) is 8.96. The number of urea groups is 1. The molecule has 0 saturated carbocycles. The van der Waals surface area contributed by atoms with Gasteiger partial charge in [-0.1, -0.05) is 0 Å². The number of nitrogens with one attached hydrogen (secondary N) is 1. The van der Waals surface area contributed by atoms with E-state index >= 15 is 0 Å². The zero-order chi connectivity index (χ0) is 18.2. The monoisotopic (exact) mass is 357 g/mol. The first kappa shape index (κ1) is 17.8. The van der Waals surface area contributed by atoms with Crippen molar-refractivity contribution in [1.29, 1.82) is 0 Å². The normalized spacial score (nSPS) is 14.0. The third kappa shape index (κ3) is 4.75. The van der Waals surface area contributed by atoms with Crippen molar-refractivity contribution < 1.29 is 14.3 Å². The Labute approximate surface area is 152 Å². The van der Waals surface area contributed by atoms with Gasteiger partial charge in [-0.2, -0.15) is 0 Å². The summed E-state index contributed by atoms with van der Waals surface area (Å²) < 4.78 is 10.9. The molecule has 0 aliphatic carbocycles. The standard InChI is InChI=1S/C18H23N5O3/c1-2-25-15-4-6-16(7-5-15)26-14-21-18(24)23-12-10-22(11-13-23)17-19-8-3-9-20-17/h3-9H,2,10-14H2,1H3,(H,21,24). The van der Waals surface area contributed by atoms with E-state index in [-0.39, 0.29) is 12.8 Å². The number of ether oxygens (including phenoxy) is 2. The maximum Gasteiger partial charge on any atom is 0.320 e. The number of rotatable bonds is 6. The first-order chi connectivity index (χ1) is 12.8. The van der Waals surface area contributed by atoms with Gasteiger partial charge in [0.15, 0.2) is 6.73 Å². The van der Waals surface area contributed by atoms with Crippen molar-refractivity contribution in [2.24, 2.45) is 0 Å². The molecule has 2 heterocycles. The van der Waals surface area contributed by atoms with Gasteiger partial charge in [0.25, 0.3) is 0 Å². The average molecular weight is 357 g/mol. The zero-order valence-electron chi connectivity index (χ0n) is 14.8. The number of benzene rings is 1. The predicted octanol–water partition coefficient (Wildman–Crippen LogP) is 1.74. The summed E-state index contributed by atoms with van der Waals surface area (Å²) in [5.74, 6) is 2.18. The van der Waals surface area contributed by atoms with Crippen molar-refractivity contribution in [3.8, 4) is 11.5 Å². The van der Waals surface area contributed by atoms with Gasteiger partial charge in [-0.05, 0) is 37.3 Å². The molecular weight excluding hydrogens is 334 g/mol. The van der Waals surface area contributed by atoms with Crippen molar-refractivity contribution in [1.82, 2.24) is 20.2 Å². The lowest BCUT2D eigenvalue weighted by molar-refractivity contribution is 0.181. The van der Waals surface area contributed by atoms with Gasteiger partial charge in [0, 0.05) is 38.6 Å². The van der Waals surface area contributed by atoms with Crippen LogP contribution in [-0.2, 0) is 0 Å². The van der Waals surface area contributed by atoms with E-state index in [2.05, 4.69) is 20.2 Å². The van der Waals surface area contributed by atoms with Crippen LogP contribution in [0.25, 0.3) is 0 Å². The number of amides is 2. The minimum atomic E-state index is -0.135. The number of carbonyl (C=O) groups is 1. The topological polar surface area (TPSA) is 79.8 Å². The molecule has 26 heavy (non-hydrogen) atoms. The molecule has 1 aliphatic rings. The molecule has 1 aliphatic heterocycles. The molecule has 8 heteroatoms. The summed E-state index contributed by atoms with van der Waals surface area (Å²) in [5, 5.41) is 2.78. The number of aromatic nitrogens is 2. The van der Waals surface area contributed by atoms with Gasteiger partial charge >= 0.3 is 6.03 Å². The Kier molecular flexibility index (Phi) is 6.08. The highest BCUT2D eigenvalue weighted by Crippen LogP contribution is 2.17. The lowest BCUT2D eigenvalue weighted by Crippen LogP contribution is -2.52. The molecular formula is C18H23N5O3. The number of carbonyl (C=O) groups excluding carboxylic acids is 1. The summed E-state index contributed by atoms with van der Waals surface area (Å²) in [6.45, 7) is 5.33. The van der Waals surface area contributed by atoms with Crippen molar-refractivity contribution >= 4 is 12.0 Å². The highest BCUT2D eigenvalue weighted by atomic mass is 16.5. The van der Waals surface area contributed by atoms with E-state index in [1.165, 1.54) is 0 Å². The molecule has 2 aromatic rings. The molecule has 138 valence electrons. The molecule has 1 saturated heterocycles. The largest absolute Gasteiger partial charge is 0.494 e. The molecule has 0 bridgehead atoms. The van der Waals surface area contributed by atoms with E-state index in [0.717, 1.165) is 5.75 Å². The van der Waals surface area contributed by atoms with Crippen LogP contribution in [0.4, 0.5) is 10.7 Å². The fraction of sp³-hybridized carbons (Fsp3) is 0.389. The van der Waals surface area contributed by atoms with Gasteiger partial charge in [0.05, 0.1) is 6.61 Å². The van der Waals surface area contributed by atoms with Crippen LogP contribution >= 0.6 is 0 Å². The van der Waals surface area contributed by atoms with Gasteiger partial charge in [-0.15, -0.1) is 0 Å². The second kappa shape index (κ2) is 8.89. The Hall–Kier alpha value is -3.03. The van der Waals surface area contributed by atoms with E-state index in [1.807, 2.05) is 31.2 Å². The van der Waals surface area contributed by atoms with Gasteiger partial charge in [0.1, 0.15) is 11.5 Å². The third-order valence-corrected chi connectivity index (χ3v) is 4.00. The van der Waals surface area contributed by atoms with Crippen LogP contribution in [0.5, 0.6) is 11.5 Å². The number of nitrogens with zero attached hydrogens (tertiary/aromatic N) is 4. The first-order valence-electron chi connectivity index (χ1n) is 8.66. The molecule has 0 spiro atoms. The summed E-state index contributed by atoms with van der Waals surface area (Å²) in [5.41, 5.74) is 0. The van der Waals surface area contributed by atoms with Gasteiger partial charge < -0.3 is 24.6 Å².